The van der Waals surface area contributed by atoms with Crippen LogP contribution in [0.1, 0.15) is 28.9 Å². The number of piperidine rings is 1. The number of likely N-dealkylation sites (tertiary alicyclic amines) is 1. The first-order valence-corrected chi connectivity index (χ1v) is 10.1. The van der Waals surface area contributed by atoms with E-state index < -0.39 is 0 Å². The molecule has 7 nitrogen and oxygen atoms in total. The maximum Gasteiger partial charge on any atom is 0.255 e. The fourth-order valence-electron chi connectivity index (χ4n) is 3.52. The number of hydrogen-bond acceptors (Lipinski definition) is 6. The zero-order valence-corrected chi connectivity index (χ0v) is 17.0. The van der Waals surface area contributed by atoms with Crippen molar-refractivity contribution >= 4 is 11.7 Å². The number of anilines is 1. The van der Waals surface area contributed by atoms with Crippen LogP contribution in [-0.2, 0) is 6.54 Å². The summed E-state index contributed by atoms with van der Waals surface area (Å²) < 4.78 is 5.96. The quantitative estimate of drug-likeness (QED) is 0.629. The summed E-state index contributed by atoms with van der Waals surface area (Å²) in [5.41, 5.74) is 1.58. The molecule has 0 radical (unpaired) electrons. The summed E-state index contributed by atoms with van der Waals surface area (Å²) in [6.07, 6.45) is 8.60. The number of nitrogens with zero attached hydrogens (tertiary/aromatic N) is 5. The SMILES string of the molecule is CN(Cc1ccccn1)c1ccc(C(=O)N2CCC(Oc3cccnc3)CC2)cn1. The van der Waals surface area contributed by atoms with Gasteiger partial charge in [-0.25, -0.2) is 4.98 Å². The molecule has 0 N–H and O–H groups in total. The first kappa shape index (κ1) is 19.8. The molecule has 1 aliphatic heterocycles. The standard InChI is InChI=1S/C23H25N5O2/c1-27(17-19-5-2-3-12-25-19)22-8-7-18(15-26-22)23(29)28-13-9-20(10-14-28)30-21-6-4-11-24-16-21/h2-8,11-12,15-16,20H,9-10,13-14,17H2,1H3. The van der Waals surface area contributed by atoms with E-state index in [1.54, 1.807) is 24.8 Å². The number of hydrogen-bond donors (Lipinski definition) is 0. The average Bonchev–Trinajstić information content (AvgIpc) is 2.80. The van der Waals surface area contributed by atoms with E-state index in [2.05, 4.69) is 15.0 Å². The van der Waals surface area contributed by atoms with Gasteiger partial charge < -0.3 is 14.5 Å². The van der Waals surface area contributed by atoms with E-state index in [4.69, 9.17) is 4.74 Å². The third kappa shape index (κ3) is 4.92. The average molecular weight is 403 g/mol. The molecule has 4 rings (SSSR count). The lowest BCUT2D eigenvalue weighted by atomic mass is 10.1. The summed E-state index contributed by atoms with van der Waals surface area (Å²) in [5.74, 6) is 1.60. The van der Waals surface area contributed by atoms with Gasteiger partial charge in [-0.05, 0) is 36.4 Å². The van der Waals surface area contributed by atoms with Crippen LogP contribution in [0.25, 0.3) is 0 Å². The lowest BCUT2D eigenvalue weighted by molar-refractivity contribution is 0.0594. The Labute approximate surface area is 176 Å². The predicted octanol–water partition coefficient (Wildman–Crippen LogP) is 3.19. The molecule has 3 aromatic heterocycles. The molecule has 1 saturated heterocycles. The molecule has 30 heavy (non-hydrogen) atoms. The van der Waals surface area contributed by atoms with Gasteiger partial charge in [0, 0.05) is 51.6 Å². The van der Waals surface area contributed by atoms with Gasteiger partial charge in [-0.1, -0.05) is 6.07 Å². The van der Waals surface area contributed by atoms with E-state index in [0.29, 0.717) is 25.2 Å². The van der Waals surface area contributed by atoms with E-state index >= 15 is 0 Å². The van der Waals surface area contributed by atoms with Gasteiger partial charge >= 0.3 is 0 Å². The number of carbonyl (C=O) groups is 1. The van der Waals surface area contributed by atoms with Crippen molar-refractivity contribution in [2.45, 2.75) is 25.5 Å². The smallest absolute Gasteiger partial charge is 0.255 e. The number of pyridine rings is 3. The molecule has 4 heterocycles. The number of ether oxygens (including phenoxy) is 1. The van der Waals surface area contributed by atoms with Crippen LogP contribution < -0.4 is 9.64 Å². The highest BCUT2D eigenvalue weighted by Crippen LogP contribution is 2.20. The molecule has 154 valence electrons. The van der Waals surface area contributed by atoms with Gasteiger partial charge in [0.25, 0.3) is 5.91 Å². The van der Waals surface area contributed by atoms with Crippen LogP contribution in [0.5, 0.6) is 5.75 Å². The van der Waals surface area contributed by atoms with Crippen molar-refractivity contribution in [3.05, 3.63) is 78.5 Å². The third-order valence-electron chi connectivity index (χ3n) is 5.18. The maximum atomic E-state index is 12.8. The topological polar surface area (TPSA) is 71.5 Å². The lowest BCUT2D eigenvalue weighted by Gasteiger charge is -2.32. The zero-order valence-electron chi connectivity index (χ0n) is 17.0. The highest BCUT2D eigenvalue weighted by molar-refractivity contribution is 5.94. The van der Waals surface area contributed by atoms with Crippen LogP contribution in [0, 0.1) is 0 Å². The van der Waals surface area contributed by atoms with Gasteiger partial charge in [0.1, 0.15) is 17.7 Å². The Morgan fingerprint density at radius 2 is 1.93 bits per heavy atom. The Balaban J connectivity index is 1.30. The van der Waals surface area contributed by atoms with Crippen molar-refractivity contribution in [1.29, 1.82) is 0 Å². The van der Waals surface area contributed by atoms with E-state index in [9.17, 15) is 4.79 Å². The molecule has 1 amide bonds. The molecule has 7 heteroatoms. The largest absolute Gasteiger partial charge is 0.489 e. The van der Waals surface area contributed by atoms with Gasteiger partial charge in [0.05, 0.1) is 24.0 Å². The second kappa shape index (κ2) is 9.35. The van der Waals surface area contributed by atoms with Crippen LogP contribution in [0.3, 0.4) is 0 Å². The van der Waals surface area contributed by atoms with E-state index in [1.165, 1.54) is 0 Å². The molecule has 0 saturated carbocycles. The minimum Gasteiger partial charge on any atom is -0.489 e. The van der Waals surface area contributed by atoms with Crippen LogP contribution in [0.15, 0.2) is 67.3 Å². The Hall–Kier alpha value is -3.48. The van der Waals surface area contributed by atoms with E-state index in [0.717, 1.165) is 30.1 Å². The highest BCUT2D eigenvalue weighted by Gasteiger charge is 2.25. The van der Waals surface area contributed by atoms with Gasteiger partial charge in [0.2, 0.25) is 0 Å². The van der Waals surface area contributed by atoms with Crippen molar-refractivity contribution in [2.75, 3.05) is 25.0 Å². The van der Waals surface area contributed by atoms with Crippen LogP contribution in [0.4, 0.5) is 5.82 Å². The number of rotatable bonds is 6. The van der Waals surface area contributed by atoms with E-state index in [-0.39, 0.29) is 12.0 Å². The van der Waals surface area contributed by atoms with Gasteiger partial charge in [-0.15, -0.1) is 0 Å². The highest BCUT2D eigenvalue weighted by atomic mass is 16.5. The Morgan fingerprint density at radius 3 is 2.60 bits per heavy atom. The zero-order chi connectivity index (χ0) is 20.8. The monoisotopic (exact) mass is 403 g/mol. The van der Waals surface area contributed by atoms with Gasteiger partial charge in [-0.3, -0.25) is 14.8 Å². The molecule has 0 unspecified atom stereocenters. The molecule has 0 spiro atoms. The number of aromatic nitrogens is 3. The third-order valence-corrected chi connectivity index (χ3v) is 5.18. The summed E-state index contributed by atoms with van der Waals surface area (Å²) in [6, 6.07) is 13.3. The minimum atomic E-state index is 0.0151. The molecule has 0 bridgehead atoms. The Kier molecular flexibility index (Phi) is 6.17. The van der Waals surface area contributed by atoms with Crippen LogP contribution >= 0.6 is 0 Å². The van der Waals surface area contributed by atoms with Crippen molar-refractivity contribution in [1.82, 2.24) is 19.9 Å². The van der Waals surface area contributed by atoms with Gasteiger partial charge in [0.15, 0.2) is 0 Å². The second-order valence-electron chi connectivity index (χ2n) is 7.38. The molecular weight excluding hydrogens is 378 g/mol. The molecule has 1 fully saturated rings. The van der Waals surface area contributed by atoms with Crippen molar-refractivity contribution in [3.63, 3.8) is 0 Å². The first-order chi connectivity index (χ1) is 14.7. The lowest BCUT2D eigenvalue weighted by Crippen LogP contribution is -2.41. The molecular formula is C23H25N5O2. The minimum absolute atomic E-state index is 0.0151. The molecule has 0 aromatic carbocycles. The fraction of sp³-hybridized carbons (Fsp3) is 0.304. The van der Waals surface area contributed by atoms with Crippen LogP contribution in [0.2, 0.25) is 0 Å². The normalized spacial score (nSPS) is 14.4. The Bertz CT molecular complexity index is 942. The number of amides is 1. The summed E-state index contributed by atoms with van der Waals surface area (Å²) in [7, 11) is 1.96. The van der Waals surface area contributed by atoms with Crippen molar-refractivity contribution < 1.29 is 9.53 Å². The summed E-state index contributed by atoms with van der Waals surface area (Å²) in [5, 5.41) is 0. The molecule has 1 aliphatic rings. The second-order valence-corrected chi connectivity index (χ2v) is 7.38. The van der Waals surface area contributed by atoms with Crippen molar-refractivity contribution in [2.24, 2.45) is 0 Å². The summed E-state index contributed by atoms with van der Waals surface area (Å²) in [6.45, 7) is 2.00. The molecule has 3 aromatic rings. The predicted molar refractivity (Wildman–Crippen MR) is 114 cm³/mol. The maximum absolute atomic E-state index is 12.8. The van der Waals surface area contributed by atoms with Crippen molar-refractivity contribution in [3.8, 4) is 5.75 Å². The molecule has 0 atom stereocenters. The van der Waals surface area contributed by atoms with E-state index in [1.807, 2.05) is 59.3 Å². The number of carbonyl (C=O) groups excluding carboxylic acids is 1. The summed E-state index contributed by atoms with van der Waals surface area (Å²) >= 11 is 0. The molecule has 0 aliphatic carbocycles. The fourth-order valence-corrected chi connectivity index (χ4v) is 3.52. The van der Waals surface area contributed by atoms with Gasteiger partial charge in [-0.2, -0.15) is 0 Å². The van der Waals surface area contributed by atoms with Crippen LogP contribution in [-0.4, -0.2) is 52.0 Å². The first-order valence-electron chi connectivity index (χ1n) is 10.1. The summed E-state index contributed by atoms with van der Waals surface area (Å²) in [4.78, 5) is 29.6. The Morgan fingerprint density at radius 1 is 1.07 bits per heavy atom.